The summed E-state index contributed by atoms with van der Waals surface area (Å²) >= 11 is 1.87. The number of carbonyl (C=O) groups is 1. The molecule has 0 radical (unpaired) electrons. The van der Waals surface area contributed by atoms with Crippen molar-refractivity contribution in [2.75, 3.05) is 44.2 Å². The Labute approximate surface area is 193 Å². The van der Waals surface area contributed by atoms with E-state index in [4.69, 9.17) is 0 Å². The van der Waals surface area contributed by atoms with Gasteiger partial charge in [0.2, 0.25) is 5.91 Å². The van der Waals surface area contributed by atoms with Crippen molar-refractivity contribution in [1.29, 1.82) is 0 Å². The maximum atomic E-state index is 13.2. The van der Waals surface area contributed by atoms with Crippen LogP contribution in [0.1, 0.15) is 17.7 Å². The molecule has 0 N–H and O–H groups in total. The maximum absolute atomic E-state index is 13.2. The summed E-state index contributed by atoms with van der Waals surface area (Å²) in [5.74, 6) is 1.24. The van der Waals surface area contributed by atoms with Crippen LogP contribution in [0.2, 0.25) is 0 Å². The van der Waals surface area contributed by atoms with Crippen molar-refractivity contribution in [2.45, 2.75) is 19.4 Å². The van der Waals surface area contributed by atoms with Crippen LogP contribution in [-0.4, -0.2) is 64.9 Å². The Morgan fingerprint density at radius 2 is 1.84 bits per heavy atom. The van der Waals surface area contributed by atoms with Crippen LogP contribution in [0.15, 0.2) is 61.1 Å². The van der Waals surface area contributed by atoms with E-state index >= 15 is 0 Å². The number of thiophene rings is 1. The van der Waals surface area contributed by atoms with Gasteiger partial charge in [-0.2, -0.15) is 0 Å². The van der Waals surface area contributed by atoms with Crippen molar-refractivity contribution in [3.05, 3.63) is 65.9 Å². The zero-order chi connectivity index (χ0) is 21.8. The van der Waals surface area contributed by atoms with E-state index in [1.54, 1.807) is 18.6 Å². The molecule has 3 aromatic rings. The van der Waals surface area contributed by atoms with E-state index in [0.29, 0.717) is 5.91 Å². The van der Waals surface area contributed by atoms with Crippen molar-refractivity contribution < 1.29 is 4.79 Å². The van der Waals surface area contributed by atoms with Crippen LogP contribution in [-0.2, 0) is 11.3 Å². The lowest BCUT2D eigenvalue weighted by molar-refractivity contribution is -0.137. The summed E-state index contributed by atoms with van der Waals surface area (Å²) in [6.45, 7) is 6.16. The third-order valence-corrected chi connectivity index (χ3v) is 7.55. The van der Waals surface area contributed by atoms with E-state index in [0.717, 1.165) is 64.5 Å². The molecule has 0 unspecified atom stereocenters. The molecule has 0 bridgehead atoms. The Kier molecular flexibility index (Phi) is 6.46. The molecule has 2 aliphatic heterocycles. The minimum absolute atomic E-state index is 0.0584. The van der Waals surface area contributed by atoms with E-state index in [1.165, 1.54) is 15.3 Å². The molecule has 2 saturated heterocycles. The molecule has 7 heteroatoms. The molecule has 166 valence electrons. The number of benzene rings is 1. The average molecular weight is 448 g/mol. The van der Waals surface area contributed by atoms with E-state index in [9.17, 15) is 4.79 Å². The standard InChI is InChI=1S/C25H29N5OS/c31-25(21-7-4-12-30(18-21)24-17-26-10-11-27-24)29-15-13-28(14-16-29)19-22-8-9-23(32-22)20-5-2-1-3-6-20/h1-3,5-6,8-11,17,21H,4,7,12-16,18-19H2/t21-/m1/s1. The summed E-state index contributed by atoms with van der Waals surface area (Å²) in [5.41, 5.74) is 1.28. The molecule has 1 amide bonds. The first-order valence-corrected chi connectivity index (χ1v) is 12.2. The van der Waals surface area contributed by atoms with Crippen LogP contribution in [0.25, 0.3) is 10.4 Å². The summed E-state index contributed by atoms with van der Waals surface area (Å²) in [6, 6.07) is 15.0. The third-order valence-electron chi connectivity index (χ3n) is 6.43. The molecule has 4 heterocycles. The smallest absolute Gasteiger partial charge is 0.227 e. The minimum atomic E-state index is 0.0584. The zero-order valence-electron chi connectivity index (χ0n) is 18.3. The zero-order valence-corrected chi connectivity index (χ0v) is 19.1. The first kappa shape index (κ1) is 21.1. The monoisotopic (exact) mass is 447 g/mol. The Bertz CT molecular complexity index is 1020. The molecule has 2 fully saturated rings. The van der Waals surface area contributed by atoms with Gasteiger partial charge in [0.1, 0.15) is 5.82 Å². The predicted octanol–water partition coefficient (Wildman–Crippen LogP) is 3.77. The first-order valence-electron chi connectivity index (χ1n) is 11.4. The normalized spacial score (nSPS) is 19.8. The van der Waals surface area contributed by atoms with Gasteiger partial charge < -0.3 is 9.80 Å². The number of carbonyl (C=O) groups excluding carboxylic acids is 1. The van der Waals surface area contributed by atoms with Gasteiger partial charge in [-0.3, -0.25) is 14.7 Å². The highest BCUT2D eigenvalue weighted by molar-refractivity contribution is 7.15. The molecule has 5 rings (SSSR count). The highest BCUT2D eigenvalue weighted by Gasteiger charge is 2.31. The Morgan fingerprint density at radius 1 is 1.00 bits per heavy atom. The summed E-state index contributed by atoms with van der Waals surface area (Å²) in [7, 11) is 0. The summed E-state index contributed by atoms with van der Waals surface area (Å²) in [5, 5.41) is 0. The fourth-order valence-corrected chi connectivity index (χ4v) is 5.72. The topological polar surface area (TPSA) is 52.6 Å². The van der Waals surface area contributed by atoms with Crippen molar-refractivity contribution in [3.8, 4) is 10.4 Å². The molecule has 2 aliphatic rings. The van der Waals surface area contributed by atoms with Crippen molar-refractivity contribution in [1.82, 2.24) is 19.8 Å². The van der Waals surface area contributed by atoms with Gasteiger partial charge >= 0.3 is 0 Å². The first-order chi connectivity index (χ1) is 15.8. The number of nitrogens with zero attached hydrogens (tertiary/aromatic N) is 5. The van der Waals surface area contributed by atoms with Gasteiger partial charge in [-0.1, -0.05) is 30.3 Å². The Hall–Kier alpha value is -2.77. The molecule has 6 nitrogen and oxygen atoms in total. The number of piperidine rings is 1. The third kappa shape index (κ3) is 4.84. The van der Waals surface area contributed by atoms with Crippen LogP contribution in [0.4, 0.5) is 5.82 Å². The van der Waals surface area contributed by atoms with Gasteiger partial charge in [-0.05, 0) is 30.5 Å². The number of aromatic nitrogens is 2. The van der Waals surface area contributed by atoms with Crippen molar-refractivity contribution in [2.24, 2.45) is 5.92 Å². The van der Waals surface area contributed by atoms with E-state index < -0.39 is 0 Å². The summed E-state index contributed by atoms with van der Waals surface area (Å²) in [4.78, 5) is 31.2. The lowest BCUT2D eigenvalue weighted by Crippen LogP contribution is -2.52. The molecule has 0 spiro atoms. The highest BCUT2D eigenvalue weighted by Crippen LogP contribution is 2.29. The van der Waals surface area contributed by atoms with Gasteiger partial charge in [0.15, 0.2) is 0 Å². The molecular weight excluding hydrogens is 418 g/mol. The van der Waals surface area contributed by atoms with Gasteiger partial charge in [-0.15, -0.1) is 11.3 Å². The summed E-state index contributed by atoms with van der Waals surface area (Å²) < 4.78 is 0. The number of hydrogen-bond donors (Lipinski definition) is 0. The molecule has 1 aromatic carbocycles. The SMILES string of the molecule is O=C([C@@H]1CCCN(c2cnccn2)C1)N1CCN(Cc2ccc(-c3ccccc3)s2)CC1. The number of anilines is 1. The molecule has 2 aromatic heterocycles. The fourth-order valence-electron chi connectivity index (χ4n) is 4.67. The quantitative estimate of drug-likeness (QED) is 0.596. The van der Waals surface area contributed by atoms with Crippen molar-refractivity contribution in [3.63, 3.8) is 0 Å². The Balaban J connectivity index is 1.13. The highest BCUT2D eigenvalue weighted by atomic mass is 32.1. The number of hydrogen-bond acceptors (Lipinski definition) is 6. The van der Waals surface area contributed by atoms with Crippen LogP contribution in [0.3, 0.4) is 0 Å². The van der Waals surface area contributed by atoms with E-state index in [-0.39, 0.29) is 5.92 Å². The van der Waals surface area contributed by atoms with Crippen LogP contribution >= 0.6 is 11.3 Å². The minimum Gasteiger partial charge on any atom is -0.355 e. The van der Waals surface area contributed by atoms with Crippen LogP contribution in [0, 0.1) is 5.92 Å². The fraction of sp³-hybridized carbons (Fsp3) is 0.400. The molecule has 32 heavy (non-hydrogen) atoms. The second kappa shape index (κ2) is 9.79. The Morgan fingerprint density at radius 3 is 2.62 bits per heavy atom. The predicted molar refractivity (Wildman–Crippen MR) is 129 cm³/mol. The average Bonchev–Trinajstić information content (AvgIpc) is 3.34. The number of amides is 1. The second-order valence-electron chi connectivity index (χ2n) is 8.58. The molecule has 0 aliphatic carbocycles. The van der Waals surface area contributed by atoms with E-state index in [2.05, 4.69) is 67.1 Å². The lowest BCUT2D eigenvalue weighted by Gasteiger charge is -2.39. The number of rotatable bonds is 5. The van der Waals surface area contributed by atoms with Gasteiger partial charge in [0.25, 0.3) is 0 Å². The number of piperazine rings is 1. The second-order valence-corrected chi connectivity index (χ2v) is 9.75. The molecule has 1 atom stereocenters. The van der Waals surface area contributed by atoms with Crippen LogP contribution in [0.5, 0.6) is 0 Å². The van der Waals surface area contributed by atoms with E-state index in [1.807, 2.05) is 11.3 Å². The molecule has 0 saturated carbocycles. The summed E-state index contributed by atoms with van der Waals surface area (Å²) in [6.07, 6.45) is 7.19. The largest absolute Gasteiger partial charge is 0.355 e. The molecular formula is C25H29N5OS. The van der Waals surface area contributed by atoms with Gasteiger partial charge in [0, 0.05) is 68.0 Å². The lowest BCUT2D eigenvalue weighted by atomic mass is 9.96. The van der Waals surface area contributed by atoms with Gasteiger partial charge in [-0.25, -0.2) is 4.98 Å². The van der Waals surface area contributed by atoms with Gasteiger partial charge in [0.05, 0.1) is 12.1 Å². The van der Waals surface area contributed by atoms with Crippen LogP contribution < -0.4 is 4.90 Å². The maximum Gasteiger partial charge on any atom is 0.227 e. The van der Waals surface area contributed by atoms with Crippen molar-refractivity contribution >= 4 is 23.1 Å².